The third-order valence-corrected chi connectivity index (χ3v) is 4.56. The van der Waals surface area contributed by atoms with Crippen molar-refractivity contribution in [2.75, 3.05) is 13.7 Å². The Balaban J connectivity index is 1.85. The second-order valence-corrected chi connectivity index (χ2v) is 7.00. The molecule has 2 rings (SSSR count). The van der Waals surface area contributed by atoms with E-state index < -0.39 is 12.8 Å². The van der Waals surface area contributed by atoms with E-state index in [0.29, 0.717) is 12.5 Å². The molecule has 1 aromatic heterocycles. The van der Waals surface area contributed by atoms with Crippen LogP contribution in [0.3, 0.4) is 0 Å². The Bertz CT molecular complexity index is 828. The highest BCUT2D eigenvalue weighted by Crippen LogP contribution is 2.19. The van der Waals surface area contributed by atoms with Gasteiger partial charge in [0, 0.05) is 32.4 Å². The number of hydrogen-bond acceptors (Lipinski definition) is 3. The maximum absolute atomic E-state index is 12.2. The van der Waals surface area contributed by atoms with Crippen LogP contribution in [0.1, 0.15) is 29.4 Å². The number of rotatable bonds is 7. The molecule has 0 spiro atoms. The molecule has 2 aromatic rings. The van der Waals surface area contributed by atoms with Crippen LogP contribution in [0, 0.1) is 13.8 Å². The third kappa shape index (κ3) is 6.99. The van der Waals surface area contributed by atoms with Crippen LogP contribution in [-0.2, 0) is 20.0 Å². The average Bonchev–Trinajstić information content (AvgIpc) is 2.89. The lowest BCUT2D eigenvalue weighted by atomic mass is 10.1. The Morgan fingerprint density at radius 3 is 2.41 bits per heavy atom. The molecule has 0 aliphatic heterocycles. The molecule has 29 heavy (non-hydrogen) atoms. The van der Waals surface area contributed by atoms with Gasteiger partial charge in [0.2, 0.25) is 0 Å². The van der Waals surface area contributed by atoms with Crippen molar-refractivity contribution in [3.8, 4) is 5.75 Å². The van der Waals surface area contributed by atoms with Gasteiger partial charge in [0.25, 0.3) is 0 Å². The molecule has 0 saturated carbocycles. The van der Waals surface area contributed by atoms with Gasteiger partial charge in [-0.25, -0.2) is 0 Å². The van der Waals surface area contributed by atoms with E-state index >= 15 is 0 Å². The van der Waals surface area contributed by atoms with Gasteiger partial charge in [-0.15, -0.1) is 0 Å². The van der Waals surface area contributed by atoms with E-state index in [1.807, 2.05) is 18.7 Å². The summed E-state index contributed by atoms with van der Waals surface area (Å²) in [6.07, 6.45) is -3.53. The predicted octanol–water partition coefficient (Wildman–Crippen LogP) is 3.27. The Labute approximate surface area is 169 Å². The van der Waals surface area contributed by atoms with Crippen molar-refractivity contribution in [3.05, 3.63) is 46.8 Å². The van der Waals surface area contributed by atoms with Crippen LogP contribution in [0.25, 0.3) is 0 Å². The zero-order chi connectivity index (χ0) is 21.6. The first kappa shape index (κ1) is 22.6. The van der Waals surface area contributed by atoms with Crippen molar-refractivity contribution in [2.45, 2.75) is 46.0 Å². The van der Waals surface area contributed by atoms with Crippen LogP contribution in [0.5, 0.6) is 5.75 Å². The first-order valence-electron chi connectivity index (χ1n) is 9.33. The molecule has 9 heteroatoms. The molecular formula is C20H28F3N5O. The average molecular weight is 411 g/mol. The normalized spacial score (nSPS) is 13.3. The van der Waals surface area contributed by atoms with E-state index in [0.717, 1.165) is 23.4 Å². The molecule has 1 aromatic carbocycles. The van der Waals surface area contributed by atoms with E-state index in [4.69, 9.17) is 4.74 Å². The van der Waals surface area contributed by atoms with Gasteiger partial charge >= 0.3 is 6.18 Å². The first-order valence-corrected chi connectivity index (χ1v) is 9.33. The van der Waals surface area contributed by atoms with Crippen LogP contribution in [0.4, 0.5) is 13.2 Å². The van der Waals surface area contributed by atoms with Gasteiger partial charge in [0.1, 0.15) is 5.75 Å². The summed E-state index contributed by atoms with van der Waals surface area (Å²) in [6.45, 7) is 5.32. The van der Waals surface area contributed by atoms with Crippen molar-refractivity contribution in [2.24, 2.45) is 12.0 Å². The van der Waals surface area contributed by atoms with Crippen LogP contribution in [-0.4, -0.2) is 41.6 Å². The Kier molecular flexibility index (Phi) is 7.53. The number of ether oxygens (including phenoxy) is 1. The van der Waals surface area contributed by atoms with Crippen LogP contribution < -0.4 is 15.4 Å². The number of hydrogen-bond donors (Lipinski definition) is 2. The largest absolute Gasteiger partial charge is 0.484 e. The third-order valence-electron chi connectivity index (χ3n) is 4.56. The number of guanidine groups is 1. The van der Waals surface area contributed by atoms with Crippen LogP contribution in [0.2, 0.25) is 0 Å². The molecule has 0 amide bonds. The monoisotopic (exact) mass is 411 g/mol. The molecule has 160 valence electrons. The second-order valence-electron chi connectivity index (χ2n) is 7.00. The minimum Gasteiger partial charge on any atom is -0.484 e. The maximum Gasteiger partial charge on any atom is 0.422 e. The van der Waals surface area contributed by atoms with Crippen molar-refractivity contribution >= 4 is 5.96 Å². The zero-order valence-electron chi connectivity index (χ0n) is 17.4. The zero-order valence-corrected chi connectivity index (χ0v) is 17.4. The molecule has 1 atom stereocenters. The molecule has 1 unspecified atom stereocenters. The molecule has 2 N–H and O–H groups in total. The smallest absolute Gasteiger partial charge is 0.422 e. The van der Waals surface area contributed by atoms with Gasteiger partial charge in [-0.1, -0.05) is 12.1 Å². The summed E-state index contributed by atoms with van der Waals surface area (Å²) in [4.78, 5) is 4.23. The van der Waals surface area contributed by atoms with E-state index in [1.165, 1.54) is 17.7 Å². The summed E-state index contributed by atoms with van der Waals surface area (Å²) in [5.74, 6) is 0.832. The summed E-state index contributed by atoms with van der Waals surface area (Å²) < 4.78 is 43.2. The number of alkyl halides is 3. The Morgan fingerprint density at radius 1 is 1.24 bits per heavy atom. The van der Waals surface area contributed by atoms with Crippen molar-refractivity contribution in [1.82, 2.24) is 20.4 Å². The van der Waals surface area contributed by atoms with Gasteiger partial charge in [-0.3, -0.25) is 9.67 Å². The predicted molar refractivity (Wildman–Crippen MR) is 107 cm³/mol. The Hall–Kier alpha value is -2.71. The molecule has 0 fully saturated rings. The standard InChI is InChI=1S/C20H28F3N5O/c1-13(10-18-14(2)27-28(5)15(18)3)26-19(24-4)25-11-16-6-8-17(9-7-16)29-12-20(21,22)23/h6-9,13H,10-12H2,1-5H3,(H2,24,25,26). The summed E-state index contributed by atoms with van der Waals surface area (Å²) in [7, 11) is 3.63. The van der Waals surface area contributed by atoms with E-state index in [1.54, 1.807) is 19.2 Å². The molecule has 0 aliphatic rings. The van der Waals surface area contributed by atoms with Gasteiger partial charge in [0.15, 0.2) is 12.6 Å². The molecule has 6 nitrogen and oxygen atoms in total. The highest BCUT2D eigenvalue weighted by molar-refractivity contribution is 5.79. The lowest BCUT2D eigenvalue weighted by Crippen LogP contribution is -2.42. The van der Waals surface area contributed by atoms with Crippen LogP contribution in [0.15, 0.2) is 29.3 Å². The molecule has 0 bridgehead atoms. The lowest BCUT2D eigenvalue weighted by molar-refractivity contribution is -0.153. The lowest BCUT2D eigenvalue weighted by Gasteiger charge is -2.18. The fourth-order valence-corrected chi connectivity index (χ4v) is 2.95. The first-order chi connectivity index (χ1) is 13.6. The number of nitrogens with one attached hydrogen (secondary N) is 2. The number of halogens is 3. The Morgan fingerprint density at radius 2 is 1.90 bits per heavy atom. The summed E-state index contributed by atoms with van der Waals surface area (Å²) in [5.41, 5.74) is 4.29. The fraction of sp³-hybridized carbons (Fsp3) is 0.500. The van der Waals surface area contributed by atoms with Crippen molar-refractivity contribution in [1.29, 1.82) is 0 Å². The highest BCUT2D eigenvalue weighted by atomic mass is 19.4. The van der Waals surface area contributed by atoms with Gasteiger partial charge < -0.3 is 15.4 Å². The van der Waals surface area contributed by atoms with Crippen LogP contribution >= 0.6 is 0 Å². The summed E-state index contributed by atoms with van der Waals surface area (Å²) in [5, 5.41) is 11.0. The number of aryl methyl sites for hydroxylation is 2. The minimum absolute atomic E-state index is 0.140. The molecule has 0 saturated heterocycles. The quantitative estimate of drug-likeness (QED) is 0.542. The van der Waals surface area contributed by atoms with Crippen molar-refractivity contribution < 1.29 is 17.9 Å². The molecule has 0 aliphatic carbocycles. The maximum atomic E-state index is 12.2. The number of nitrogens with zero attached hydrogens (tertiary/aromatic N) is 3. The summed E-state index contributed by atoms with van der Waals surface area (Å²) in [6, 6.07) is 6.63. The minimum atomic E-state index is -4.35. The molecular weight excluding hydrogens is 383 g/mol. The number of aromatic nitrogens is 2. The van der Waals surface area contributed by atoms with E-state index in [2.05, 4.69) is 34.6 Å². The van der Waals surface area contributed by atoms with E-state index in [9.17, 15) is 13.2 Å². The van der Waals surface area contributed by atoms with E-state index in [-0.39, 0.29) is 11.8 Å². The molecule has 1 heterocycles. The SMILES string of the molecule is CN=C(NCc1ccc(OCC(F)(F)F)cc1)NC(C)Cc1c(C)nn(C)c1C. The van der Waals surface area contributed by atoms with Gasteiger partial charge in [-0.2, -0.15) is 18.3 Å². The fourth-order valence-electron chi connectivity index (χ4n) is 2.95. The topological polar surface area (TPSA) is 63.5 Å². The van der Waals surface area contributed by atoms with Gasteiger partial charge in [-0.05, 0) is 50.5 Å². The second kappa shape index (κ2) is 9.67. The summed E-state index contributed by atoms with van der Waals surface area (Å²) >= 11 is 0. The van der Waals surface area contributed by atoms with Crippen molar-refractivity contribution in [3.63, 3.8) is 0 Å². The highest BCUT2D eigenvalue weighted by Gasteiger charge is 2.28. The van der Waals surface area contributed by atoms with Gasteiger partial charge in [0.05, 0.1) is 5.69 Å². The number of aliphatic imine (C=N–C) groups is 1. The number of benzene rings is 1. The molecule has 0 radical (unpaired) electrons.